The molecule has 1 aliphatic rings. The van der Waals surface area contributed by atoms with Gasteiger partial charge < -0.3 is 9.88 Å². The van der Waals surface area contributed by atoms with Crippen molar-refractivity contribution in [3.63, 3.8) is 0 Å². The molecule has 6 nitrogen and oxygen atoms in total. The van der Waals surface area contributed by atoms with Crippen LogP contribution >= 0.6 is 12.4 Å². The molecule has 1 unspecified atom stereocenters. The molecule has 0 spiro atoms. The summed E-state index contributed by atoms with van der Waals surface area (Å²) in [5.41, 5.74) is 2.06. The predicted molar refractivity (Wildman–Crippen MR) is 112 cm³/mol. The number of sulfonamides is 1. The maximum atomic E-state index is 13.3. The van der Waals surface area contributed by atoms with Crippen LogP contribution in [-0.2, 0) is 17.1 Å². The molecule has 3 aromatic rings. The molecule has 0 amide bonds. The van der Waals surface area contributed by atoms with Gasteiger partial charge in [-0.05, 0) is 23.3 Å². The van der Waals surface area contributed by atoms with Gasteiger partial charge in [-0.15, -0.1) is 12.4 Å². The first-order valence-electron chi connectivity index (χ1n) is 8.92. The second-order valence-electron chi connectivity index (χ2n) is 6.62. The van der Waals surface area contributed by atoms with Crippen LogP contribution in [0.3, 0.4) is 0 Å². The molecular weight excluding hydrogens is 396 g/mol. The van der Waals surface area contributed by atoms with Crippen LogP contribution < -0.4 is 5.32 Å². The summed E-state index contributed by atoms with van der Waals surface area (Å²) in [6.07, 6.45) is 3.53. The van der Waals surface area contributed by atoms with Crippen LogP contribution in [0.2, 0.25) is 0 Å². The Morgan fingerprint density at radius 1 is 1.04 bits per heavy atom. The fraction of sp³-hybridized carbons (Fsp3) is 0.250. The van der Waals surface area contributed by atoms with E-state index in [4.69, 9.17) is 0 Å². The Balaban J connectivity index is 0.00000225. The third-order valence-corrected chi connectivity index (χ3v) is 6.84. The van der Waals surface area contributed by atoms with Gasteiger partial charge in [0.1, 0.15) is 5.82 Å². The minimum Gasteiger partial charge on any atom is -0.337 e. The number of benzene rings is 2. The normalized spacial score (nSPS) is 17.8. The number of hydrogen-bond donors (Lipinski definition) is 1. The first-order valence-corrected chi connectivity index (χ1v) is 10.4. The molecule has 2 heterocycles. The van der Waals surface area contributed by atoms with E-state index in [0.29, 0.717) is 24.5 Å². The summed E-state index contributed by atoms with van der Waals surface area (Å²) in [5, 5.41) is 3.28. The highest BCUT2D eigenvalue weighted by atomic mass is 35.5. The number of halogens is 1. The monoisotopic (exact) mass is 418 g/mol. The standard InChI is InChI=1S/C20H22N4O2S.ClH/c1-23-13-12-22-20(23)19-15-21-11-14-24(19)27(25,26)18-9-7-17(8-10-18)16-5-3-2-4-6-16;/h2-10,12-13,19,21H,11,14-15H2,1H3;1H. The molecule has 1 atom stereocenters. The largest absolute Gasteiger partial charge is 0.337 e. The average molecular weight is 419 g/mol. The van der Waals surface area contributed by atoms with Gasteiger partial charge in [0.2, 0.25) is 10.0 Å². The van der Waals surface area contributed by atoms with Crippen LogP contribution in [0.4, 0.5) is 0 Å². The predicted octanol–water partition coefficient (Wildman–Crippen LogP) is 2.84. The molecule has 28 heavy (non-hydrogen) atoms. The molecule has 1 aromatic heterocycles. The van der Waals surface area contributed by atoms with Gasteiger partial charge in [0.05, 0.1) is 10.9 Å². The van der Waals surface area contributed by atoms with Gasteiger partial charge >= 0.3 is 0 Å². The van der Waals surface area contributed by atoms with Crippen molar-refractivity contribution in [1.82, 2.24) is 19.2 Å². The SMILES string of the molecule is Cl.Cn1ccnc1C1CNCCN1S(=O)(=O)c1ccc(-c2ccccc2)cc1. The Kier molecular flexibility index (Phi) is 6.20. The number of imidazole rings is 1. The second kappa shape index (κ2) is 8.45. The number of aryl methyl sites for hydroxylation is 1. The van der Waals surface area contributed by atoms with Gasteiger partial charge in [-0.1, -0.05) is 42.5 Å². The van der Waals surface area contributed by atoms with E-state index in [1.807, 2.05) is 60.3 Å². The molecular formula is C20H23ClN4O2S. The van der Waals surface area contributed by atoms with Gasteiger partial charge in [0.25, 0.3) is 0 Å². The molecule has 1 aliphatic heterocycles. The van der Waals surface area contributed by atoms with Crippen LogP contribution in [0, 0.1) is 0 Å². The van der Waals surface area contributed by atoms with Crippen molar-refractivity contribution >= 4 is 22.4 Å². The molecule has 0 bridgehead atoms. The molecule has 1 N–H and O–H groups in total. The average Bonchev–Trinajstić information content (AvgIpc) is 3.14. The Morgan fingerprint density at radius 2 is 1.71 bits per heavy atom. The van der Waals surface area contributed by atoms with E-state index in [0.717, 1.165) is 17.0 Å². The fourth-order valence-electron chi connectivity index (χ4n) is 3.48. The third-order valence-electron chi connectivity index (χ3n) is 4.92. The van der Waals surface area contributed by atoms with Crippen LogP contribution in [-0.4, -0.2) is 41.9 Å². The van der Waals surface area contributed by atoms with Gasteiger partial charge in [0.15, 0.2) is 0 Å². The molecule has 0 saturated carbocycles. The maximum absolute atomic E-state index is 13.3. The zero-order chi connectivity index (χ0) is 18.9. The van der Waals surface area contributed by atoms with E-state index < -0.39 is 10.0 Å². The highest BCUT2D eigenvalue weighted by Crippen LogP contribution is 2.29. The summed E-state index contributed by atoms with van der Waals surface area (Å²) in [5.74, 6) is 0.742. The zero-order valence-corrected chi connectivity index (χ0v) is 17.2. The maximum Gasteiger partial charge on any atom is 0.243 e. The van der Waals surface area contributed by atoms with Gasteiger partial charge in [0, 0.05) is 39.1 Å². The van der Waals surface area contributed by atoms with Crippen LogP contribution in [0.5, 0.6) is 0 Å². The van der Waals surface area contributed by atoms with Crippen LogP contribution in [0.25, 0.3) is 11.1 Å². The first-order chi connectivity index (χ1) is 13.1. The number of piperazine rings is 1. The fourth-order valence-corrected chi connectivity index (χ4v) is 5.06. The molecule has 1 saturated heterocycles. The lowest BCUT2D eigenvalue weighted by molar-refractivity contribution is 0.258. The molecule has 0 radical (unpaired) electrons. The van der Waals surface area contributed by atoms with E-state index in [9.17, 15) is 8.42 Å². The van der Waals surface area contributed by atoms with Gasteiger partial charge in [-0.3, -0.25) is 0 Å². The summed E-state index contributed by atoms with van der Waals surface area (Å²) in [7, 11) is -1.73. The number of aromatic nitrogens is 2. The van der Waals surface area contributed by atoms with E-state index >= 15 is 0 Å². The number of hydrogen-bond acceptors (Lipinski definition) is 4. The van der Waals surface area contributed by atoms with Crippen molar-refractivity contribution in [2.75, 3.05) is 19.6 Å². The second-order valence-corrected chi connectivity index (χ2v) is 8.51. The third kappa shape index (κ3) is 3.84. The topological polar surface area (TPSA) is 67.2 Å². The Morgan fingerprint density at radius 3 is 2.36 bits per heavy atom. The summed E-state index contributed by atoms with van der Waals surface area (Å²) < 4.78 is 30.1. The number of nitrogens with one attached hydrogen (secondary N) is 1. The van der Waals surface area contributed by atoms with E-state index in [2.05, 4.69) is 10.3 Å². The van der Waals surface area contributed by atoms with Crippen LogP contribution in [0.1, 0.15) is 11.9 Å². The number of rotatable bonds is 4. The molecule has 0 aliphatic carbocycles. The van der Waals surface area contributed by atoms with E-state index in [1.165, 1.54) is 0 Å². The van der Waals surface area contributed by atoms with Crippen molar-refractivity contribution in [1.29, 1.82) is 0 Å². The number of nitrogens with zero attached hydrogens (tertiary/aromatic N) is 3. The zero-order valence-electron chi connectivity index (χ0n) is 15.5. The lowest BCUT2D eigenvalue weighted by Crippen LogP contribution is -2.49. The lowest BCUT2D eigenvalue weighted by Gasteiger charge is -2.34. The molecule has 2 aromatic carbocycles. The van der Waals surface area contributed by atoms with Crippen molar-refractivity contribution in [3.8, 4) is 11.1 Å². The smallest absolute Gasteiger partial charge is 0.243 e. The van der Waals surface area contributed by atoms with Crippen molar-refractivity contribution in [3.05, 3.63) is 72.8 Å². The summed E-state index contributed by atoms with van der Waals surface area (Å²) in [6.45, 7) is 1.59. The van der Waals surface area contributed by atoms with E-state index in [1.54, 1.807) is 22.6 Å². The Hall–Kier alpha value is -2.19. The highest BCUT2D eigenvalue weighted by molar-refractivity contribution is 7.89. The van der Waals surface area contributed by atoms with Crippen molar-refractivity contribution < 1.29 is 8.42 Å². The lowest BCUT2D eigenvalue weighted by atomic mass is 10.1. The minimum absolute atomic E-state index is 0. The summed E-state index contributed by atoms with van der Waals surface area (Å²) in [4.78, 5) is 4.68. The molecule has 1 fully saturated rings. The van der Waals surface area contributed by atoms with Crippen molar-refractivity contribution in [2.24, 2.45) is 7.05 Å². The van der Waals surface area contributed by atoms with E-state index in [-0.39, 0.29) is 18.4 Å². The first kappa shape index (κ1) is 20.5. The van der Waals surface area contributed by atoms with Gasteiger partial charge in [-0.25, -0.2) is 13.4 Å². The van der Waals surface area contributed by atoms with Gasteiger partial charge in [-0.2, -0.15) is 4.31 Å². The summed E-state index contributed by atoms with van der Waals surface area (Å²) in [6, 6.07) is 16.7. The quantitative estimate of drug-likeness (QED) is 0.707. The summed E-state index contributed by atoms with van der Waals surface area (Å²) >= 11 is 0. The minimum atomic E-state index is -3.61. The van der Waals surface area contributed by atoms with Crippen molar-refractivity contribution in [2.45, 2.75) is 10.9 Å². The Bertz CT molecular complexity index is 1020. The molecule has 148 valence electrons. The Labute approximate surface area is 171 Å². The molecule has 4 rings (SSSR count). The van der Waals surface area contributed by atoms with Crippen LogP contribution in [0.15, 0.2) is 71.9 Å². The molecule has 8 heteroatoms. The highest BCUT2D eigenvalue weighted by Gasteiger charge is 2.36.